The number of hydrogen-bond acceptors (Lipinski definition) is 8. The van der Waals surface area contributed by atoms with E-state index in [0.717, 1.165) is 26.4 Å². The Bertz CT molecular complexity index is 1510. The van der Waals surface area contributed by atoms with Crippen LogP contribution in [0.2, 0.25) is 0 Å². The molecular weight excluding hydrogens is 526 g/mol. The molecule has 0 amide bonds. The Balaban J connectivity index is 1.22. The van der Waals surface area contributed by atoms with Gasteiger partial charge in [0.05, 0.1) is 29.4 Å². The van der Waals surface area contributed by atoms with Crippen molar-refractivity contribution < 1.29 is 27.2 Å². The van der Waals surface area contributed by atoms with Gasteiger partial charge < -0.3 is 14.0 Å². The molecule has 0 saturated heterocycles. The molecule has 0 unspecified atom stereocenters. The molecule has 0 spiro atoms. The van der Waals surface area contributed by atoms with Gasteiger partial charge in [0.15, 0.2) is 0 Å². The van der Waals surface area contributed by atoms with Gasteiger partial charge in [-0.15, -0.1) is 11.3 Å². The Labute approximate surface area is 225 Å². The predicted molar refractivity (Wildman–Crippen MR) is 144 cm³/mol. The summed E-state index contributed by atoms with van der Waals surface area (Å²) in [7, 11) is -4.10. The third-order valence-electron chi connectivity index (χ3n) is 6.08. The van der Waals surface area contributed by atoms with Crippen LogP contribution in [0.1, 0.15) is 29.5 Å². The fourth-order valence-corrected chi connectivity index (χ4v) is 6.36. The van der Waals surface area contributed by atoms with Gasteiger partial charge in [0.2, 0.25) is 5.89 Å². The van der Waals surface area contributed by atoms with Crippen LogP contribution in [-0.2, 0) is 39.2 Å². The number of oxazole rings is 1. The normalized spacial score (nSPS) is 13.1. The SMILES string of the molecule is CC(=O)ON(Cc1ccc(OCCc2nc(-c3cccs3)oc2C)cc1)S(=O)(=O)N1CCc2ccccc21. The topological polar surface area (TPSA) is 102 Å². The van der Waals surface area contributed by atoms with Crippen LogP contribution < -0.4 is 9.04 Å². The molecule has 2 aromatic carbocycles. The fourth-order valence-electron chi connectivity index (χ4n) is 4.23. The first-order chi connectivity index (χ1) is 18.3. The molecular formula is C27H27N3O6S2. The summed E-state index contributed by atoms with van der Waals surface area (Å²) in [6.07, 6.45) is 1.18. The van der Waals surface area contributed by atoms with E-state index in [2.05, 4.69) is 4.98 Å². The Kier molecular flexibility index (Phi) is 7.50. The van der Waals surface area contributed by atoms with Crippen molar-refractivity contribution in [2.75, 3.05) is 17.5 Å². The molecule has 0 saturated carbocycles. The minimum absolute atomic E-state index is 0.134. The number of carbonyl (C=O) groups is 1. The molecule has 0 N–H and O–H groups in total. The van der Waals surface area contributed by atoms with Crippen molar-refractivity contribution >= 4 is 33.2 Å². The fraction of sp³-hybridized carbons (Fsp3) is 0.259. The molecule has 0 atom stereocenters. The lowest BCUT2D eigenvalue weighted by molar-refractivity contribution is -0.168. The molecule has 198 valence electrons. The van der Waals surface area contributed by atoms with Gasteiger partial charge in [-0.2, -0.15) is 8.42 Å². The number of anilines is 1. The molecule has 4 aromatic rings. The van der Waals surface area contributed by atoms with Crippen molar-refractivity contribution in [3.8, 4) is 16.5 Å². The minimum atomic E-state index is -4.10. The number of ether oxygens (including phenoxy) is 1. The Hall–Kier alpha value is -3.67. The first kappa shape index (κ1) is 26.0. The molecule has 9 nitrogen and oxygen atoms in total. The van der Waals surface area contributed by atoms with Crippen molar-refractivity contribution in [2.45, 2.75) is 33.2 Å². The van der Waals surface area contributed by atoms with E-state index in [9.17, 15) is 13.2 Å². The molecule has 0 bridgehead atoms. The van der Waals surface area contributed by atoms with E-state index in [0.29, 0.717) is 42.3 Å². The molecule has 2 aromatic heterocycles. The number of nitrogens with zero attached hydrogens (tertiary/aromatic N) is 3. The number of rotatable bonds is 10. The van der Waals surface area contributed by atoms with Gasteiger partial charge >= 0.3 is 16.2 Å². The van der Waals surface area contributed by atoms with Crippen LogP contribution in [0.25, 0.3) is 10.8 Å². The van der Waals surface area contributed by atoms with Crippen LogP contribution >= 0.6 is 11.3 Å². The van der Waals surface area contributed by atoms with Crippen LogP contribution in [0, 0.1) is 6.92 Å². The maximum atomic E-state index is 13.4. The maximum absolute atomic E-state index is 13.4. The molecule has 0 fully saturated rings. The number of para-hydroxylation sites is 1. The van der Waals surface area contributed by atoms with Crippen LogP contribution in [0.15, 0.2) is 70.5 Å². The van der Waals surface area contributed by atoms with Gasteiger partial charge in [-0.05, 0) is 58.6 Å². The van der Waals surface area contributed by atoms with E-state index in [1.807, 2.05) is 36.6 Å². The van der Waals surface area contributed by atoms with E-state index < -0.39 is 16.2 Å². The van der Waals surface area contributed by atoms with Gasteiger partial charge in [0.1, 0.15) is 11.5 Å². The maximum Gasteiger partial charge on any atom is 0.335 e. The Morgan fingerprint density at radius 3 is 2.66 bits per heavy atom. The third-order valence-corrected chi connectivity index (χ3v) is 8.59. The van der Waals surface area contributed by atoms with E-state index in [1.165, 1.54) is 11.2 Å². The lowest BCUT2D eigenvalue weighted by Crippen LogP contribution is -2.43. The average molecular weight is 554 g/mol. The van der Waals surface area contributed by atoms with E-state index in [1.54, 1.807) is 47.7 Å². The number of thiophene rings is 1. The summed E-state index contributed by atoms with van der Waals surface area (Å²) in [5, 5.41) is 1.98. The number of aryl methyl sites for hydroxylation is 1. The zero-order valence-electron chi connectivity index (χ0n) is 21.0. The molecule has 38 heavy (non-hydrogen) atoms. The van der Waals surface area contributed by atoms with Gasteiger partial charge in [0.25, 0.3) is 0 Å². The van der Waals surface area contributed by atoms with Crippen molar-refractivity contribution in [2.24, 2.45) is 0 Å². The first-order valence-electron chi connectivity index (χ1n) is 12.1. The summed E-state index contributed by atoms with van der Waals surface area (Å²) in [6, 6.07) is 18.2. The van der Waals surface area contributed by atoms with E-state index in [4.69, 9.17) is 14.0 Å². The van der Waals surface area contributed by atoms with Gasteiger partial charge in [0, 0.05) is 19.9 Å². The van der Waals surface area contributed by atoms with E-state index in [-0.39, 0.29) is 13.1 Å². The minimum Gasteiger partial charge on any atom is -0.493 e. The summed E-state index contributed by atoms with van der Waals surface area (Å²) < 4.78 is 40.5. The molecule has 0 aliphatic carbocycles. The molecule has 1 aliphatic heterocycles. The predicted octanol–water partition coefficient (Wildman–Crippen LogP) is 4.92. The number of aromatic nitrogens is 1. The zero-order valence-corrected chi connectivity index (χ0v) is 22.6. The highest BCUT2D eigenvalue weighted by molar-refractivity contribution is 7.90. The monoisotopic (exact) mass is 553 g/mol. The highest BCUT2D eigenvalue weighted by Gasteiger charge is 2.36. The summed E-state index contributed by atoms with van der Waals surface area (Å²) in [6.45, 7) is 3.62. The van der Waals surface area contributed by atoms with Crippen LogP contribution in [0.3, 0.4) is 0 Å². The van der Waals surface area contributed by atoms with Crippen LogP contribution in [0.5, 0.6) is 5.75 Å². The average Bonchev–Trinajstić information content (AvgIpc) is 3.65. The highest BCUT2D eigenvalue weighted by atomic mass is 32.2. The van der Waals surface area contributed by atoms with Gasteiger partial charge in [-0.3, -0.25) is 9.10 Å². The molecule has 11 heteroatoms. The van der Waals surface area contributed by atoms with Crippen LogP contribution in [-0.4, -0.2) is 37.0 Å². The summed E-state index contributed by atoms with van der Waals surface area (Å²) in [5.41, 5.74) is 3.01. The van der Waals surface area contributed by atoms with Crippen LogP contribution in [0.4, 0.5) is 5.69 Å². The number of hydrogen-bond donors (Lipinski definition) is 0. The number of benzene rings is 2. The second kappa shape index (κ2) is 11.0. The summed E-state index contributed by atoms with van der Waals surface area (Å²) >= 11 is 1.57. The zero-order chi connectivity index (χ0) is 26.7. The van der Waals surface area contributed by atoms with Gasteiger partial charge in [-0.25, -0.2) is 4.98 Å². The second-order valence-electron chi connectivity index (χ2n) is 8.74. The standard InChI is InChI=1S/C27H27N3O6S2/c1-19-24(28-27(35-19)26-8-5-17-37-26)14-16-34-23-11-9-21(10-12-23)18-30(36-20(2)31)38(32,33)29-15-13-22-6-3-4-7-25(22)29/h3-12,17H,13-16,18H2,1-2H3. The summed E-state index contributed by atoms with van der Waals surface area (Å²) in [4.78, 5) is 22.5. The van der Waals surface area contributed by atoms with Crippen molar-refractivity contribution in [3.05, 3.63) is 88.6 Å². The van der Waals surface area contributed by atoms with Crippen molar-refractivity contribution in [1.29, 1.82) is 0 Å². The van der Waals surface area contributed by atoms with E-state index >= 15 is 0 Å². The third kappa shape index (κ3) is 5.59. The van der Waals surface area contributed by atoms with Gasteiger partial charge in [-0.1, -0.05) is 36.4 Å². The van der Waals surface area contributed by atoms with Crippen molar-refractivity contribution in [1.82, 2.24) is 9.45 Å². The van der Waals surface area contributed by atoms with Crippen molar-refractivity contribution in [3.63, 3.8) is 0 Å². The Morgan fingerprint density at radius 1 is 1.13 bits per heavy atom. The number of hydroxylamine groups is 1. The second-order valence-corrected chi connectivity index (χ2v) is 11.4. The lowest BCUT2D eigenvalue weighted by Gasteiger charge is -2.27. The molecule has 0 radical (unpaired) electrons. The first-order valence-corrected chi connectivity index (χ1v) is 14.4. The molecule has 1 aliphatic rings. The summed E-state index contributed by atoms with van der Waals surface area (Å²) in [5.74, 6) is 1.29. The number of carbonyl (C=O) groups excluding carboxylic acids is 1. The Morgan fingerprint density at radius 2 is 1.92 bits per heavy atom. The molecule has 5 rings (SSSR count). The smallest absolute Gasteiger partial charge is 0.335 e. The lowest BCUT2D eigenvalue weighted by atomic mass is 10.2. The highest BCUT2D eigenvalue weighted by Crippen LogP contribution is 2.32. The largest absolute Gasteiger partial charge is 0.493 e. The number of fused-ring (bicyclic) bond motifs is 1. The molecule has 3 heterocycles. The quantitative estimate of drug-likeness (QED) is 0.257.